The van der Waals surface area contributed by atoms with Gasteiger partial charge in [-0.3, -0.25) is 0 Å². The van der Waals surface area contributed by atoms with Crippen LogP contribution in [0.25, 0.3) is 0 Å². The standard InChI is InChI=1S/2CH5N.3ClHO4.Co/c2*1-2;3*2-1(3,4)5;/h2*2H2,1H3;3*(H,2,3,4,5);/q;;;;;+3/p-3. The first-order valence-electron chi connectivity index (χ1n) is 3.01. The molecule has 18 heteroatoms. The summed E-state index contributed by atoms with van der Waals surface area (Å²) >= 11 is 0. The zero-order chi connectivity index (χ0) is 17.5. The molecule has 0 aromatic heterocycles. The zero-order valence-electron chi connectivity index (χ0n) is 9.52. The van der Waals surface area contributed by atoms with E-state index in [1.165, 1.54) is 14.1 Å². The van der Waals surface area contributed by atoms with E-state index in [2.05, 4.69) is 11.5 Å². The Bertz CT molecular complexity index is 110. The molecule has 4 N–H and O–H groups in total. The molecule has 0 aliphatic carbocycles. The number of hydrogen-bond acceptors (Lipinski definition) is 14. The van der Waals surface area contributed by atoms with Gasteiger partial charge < -0.3 is 11.5 Å². The van der Waals surface area contributed by atoms with Crippen LogP contribution in [0.1, 0.15) is 0 Å². The van der Waals surface area contributed by atoms with Crippen molar-refractivity contribution >= 4 is 0 Å². The molecular formula is C2H10Cl3CoN2O12. The summed E-state index contributed by atoms with van der Waals surface area (Å²) in [5.74, 6) is 0. The van der Waals surface area contributed by atoms with Crippen molar-refractivity contribution in [1.82, 2.24) is 0 Å². The summed E-state index contributed by atoms with van der Waals surface area (Å²) in [5.41, 5.74) is 9.00. The van der Waals surface area contributed by atoms with Crippen molar-refractivity contribution < 1.29 is 103 Å². The number of halogens is 3. The van der Waals surface area contributed by atoms with Crippen molar-refractivity contribution in [3.63, 3.8) is 0 Å². The van der Waals surface area contributed by atoms with Gasteiger partial charge >= 0.3 is 16.8 Å². The Labute approximate surface area is 129 Å². The van der Waals surface area contributed by atoms with Crippen molar-refractivity contribution in [2.45, 2.75) is 0 Å². The minimum Gasteiger partial charge on any atom is -0.333 e. The zero-order valence-corrected chi connectivity index (χ0v) is 12.8. The molecule has 0 radical (unpaired) electrons. The summed E-state index contributed by atoms with van der Waals surface area (Å²) in [5, 5.41) is 0. The van der Waals surface area contributed by atoms with Crippen molar-refractivity contribution in [3.05, 3.63) is 0 Å². The van der Waals surface area contributed by atoms with Gasteiger partial charge in [-0.15, -0.1) is 30.7 Å². The topological polar surface area (TPSA) is 329 Å². The molecule has 0 rings (SSSR count). The Balaban J connectivity index is -0.0000000319. The Hall–Kier alpha value is 0.816. The van der Waals surface area contributed by atoms with Gasteiger partial charge in [0.25, 0.3) is 0 Å². The molecule has 0 atom stereocenters. The van der Waals surface area contributed by atoms with Gasteiger partial charge in [-0.25, -0.2) is 55.9 Å². The van der Waals surface area contributed by atoms with E-state index in [0.29, 0.717) is 0 Å². The summed E-state index contributed by atoms with van der Waals surface area (Å²) < 4.78 is 102. The van der Waals surface area contributed by atoms with E-state index in [0.717, 1.165) is 0 Å². The normalized spacial score (nSPS) is 9.60. The molecule has 0 aromatic carbocycles. The van der Waals surface area contributed by atoms with Crippen LogP contribution in [-0.4, -0.2) is 14.1 Å². The van der Waals surface area contributed by atoms with E-state index in [4.69, 9.17) is 55.9 Å². The molecule has 0 unspecified atom stereocenters. The summed E-state index contributed by atoms with van der Waals surface area (Å²) in [6.07, 6.45) is 0. The average Bonchev–Trinajstić information content (AvgIpc) is 2.01. The molecular weight excluding hydrogens is 409 g/mol. The number of nitrogens with two attached hydrogens (primary N) is 2. The van der Waals surface area contributed by atoms with E-state index >= 15 is 0 Å². The van der Waals surface area contributed by atoms with Gasteiger partial charge in [-0.05, 0) is 14.1 Å². The van der Waals surface area contributed by atoms with Crippen LogP contribution in [0.15, 0.2) is 0 Å². The molecule has 0 saturated heterocycles. The summed E-state index contributed by atoms with van der Waals surface area (Å²) in [7, 11) is -11.8. The van der Waals surface area contributed by atoms with Crippen molar-refractivity contribution in [2.75, 3.05) is 14.1 Å². The van der Waals surface area contributed by atoms with Crippen molar-refractivity contribution in [3.8, 4) is 0 Å². The number of rotatable bonds is 0. The SMILES string of the molecule is CN.CN.[Co+3].[O-][Cl+3]([O-])([O-])[O-].[O-][Cl+3]([O-])([O-])[O-].[O-][Cl+3]([O-])([O-])[O-]. The van der Waals surface area contributed by atoms with Crippen LogP contribution >= 0.6 is 0 Å². The molecule has 14 nitrogen and oxygen atoms in total. The third kappa shape index (κ3) is 8960. The minimum absolute atomic E-state index is 0. The molecule has 0 fully saturated rings. The van der Waals surface area contributed by atoms with Crippen molar-refractivity contribution in [1.29, 1.82) is 0 Å². The van der Waals surface area contributed by atoms with Crippen LogP contribution in [-0.2, 0) is 16.8 Å². The summed E-state index contributed by atoms with van der Waals surface area (Å²) in [6, 6.07) is 0. The van der Waals surface area contributed by atoms with Crippen LogP contribution < -0.4 is 67.4 Å². The second-order valence-corrected chi connectivity index (χ2v) is 3.40. The molecule has 0 saturated carbocycles. The fourth-order valence-corrected chi connectivity index (χ4v) is 0. The Morgan fingerprint density at radius 2 is 0.400 bits per heavy atom. The predicted octanol–water partition coefficient (Wildman–Crippen LogP) is -15.1. The predicted molar refractivity (Wildman–Crippen MR) is 20.2 cm³/mol. The van der Waals surface area contributed by atoms with Gasteiger partial charge in [-0.2, -0.15) is 0 Å². The van der Waals surface area contributed by atoms with E-state index < -0.39 is 30.7 Å². The second-order valence-electron chi connectivity index (χ2n) is 1.13. The van der Waals surface area contributed by atoms with Gasteiger partial charge in [0.1, 0.15) is 0 Å². The van der Waals surface area contributed by atoms with E-state index in [9.17, 15) is 0 Å². The maximum Gasteiger partial charge on any atom is 3.00 e. The second kappa shape index (κ2) is 19.8. The van der Waals surface area contributed by atoms with Crippen LogP contribution in [0.4, 0.5) is 0 Å². The smallest absolute Gasteiger partial charge is 0.333 e. The maximum absolute atomic E-state index is 8.49. The fraction of sp³-hybridized carbons (Fsp3) is 1.00. The van der Waals surface area contributed by atoms with Gasteiger partial charge in [0, 0.05) is 0 Å². The van der Waals surface area contributed by atoms with E-state index in [-0.39, 0.29) is 16.8 Å². The fourth-order valence-electron chi connectivity index (χ4n) is 0. The number of hydrogen-bond donors (Lipinski definition) is 2. The molecule has 0 spiro atoms. The van der Waals surface area contributed by atoms with E-state index in [1.807, 2.05) is 0 Å². The summed E-state index contributed by atoms with van der Waals surface area (Å²) in [6.45, 7) is 0. The largest absolute Gasteiger partial charge is 3.00 e. The van der Waals surface area contributed by atoms with Crippen LogP contribution in [0.5, 0.6) is 0 Å². The van der Waals surface area contributed by atoms with E-state index in [1.54, 1.807) is 0 Å². The monoisotopic (exact) mass is 418 g/mol. The Kier molecular flexibility index (Phi) is 36.9. The minimum atomic E-state index is -4.94. The van der Waals surface area contributed by atoms with Crippen LogP contribution in [0.3, 0.4) is 0 Å². The molecule has 0 aliphatic heterocycles. The molecule has 0 aliphatic rings. The molecule has 0 aromatic rings. The van der Waals surface area contributed by atoms with Crippen molar-refractivity contribution in [2.24, 2.45) is 11.5 Å². The molecule has 130 valence electrons. The Morgan fingerprint density at radius 1 is 0.400 bits per heavy atom. The first-order chi connectivity index (χ1) is 8.00. The molecule has 0 bridgehead atoms. The quantitative estimate of drug-likeness (QED) is 0.368. The van der Waals surface area contributed by atoms with Crippen LogP contribution in [0, 0.1) is 30.7 Å². The molecule has 0 heterocycles. The van der Waals surface area contributed by atoms with Gasteiger partial charge in [0.15, 0.2) is 0 Å². The summed E-state index contributed by atoms with van der Waals surface area (Å²) in [4.78, 5) is 0. The Morgan fingerprint density at radius 3 is 0.400 bits per heavy atom. The van der Waals surface area contributed by atoms with Crippen LogP contribution in [0.2, 0.25) is 0 Å². The first-order valence-corrected chi connectivity index (χ1v) is 6.71. The maximum atomic E-state index is 8.49. The third-order valence-electron chi connectivity index (χ3n) is 0. The third-order valence-corrected chi connectivity index (χ3v) is 0. The van der Waals surface area contributed by atoms with Gasteiger partial charge in [0.05, 0.1) is 0 Å². The molecule has 0 amide bonds. The van der Waals surface area contributed by atoms with Gasteiger partial charge in [-0.1, -0.05) is 0 Å². The first kappa shape index (κ1) is 37.2. The van der Waals surface area contributed by atoms with Gasteiger partial charge in [0.2, 0.25) is 0 Å². The average molecular weight is 419 g/mol. The molecule has 20 heavy (non-hydrogen) atoms.